The number of hydrogen-bond donors (Lipinski definition) is 2. The molecular formula is C9H17N5O. The average molecular weight is 211 g/mol. The molecule has 15 heavy (non-hydrogen) atoms. The summed E-state index contributed by atoms with van der Waals surface area (Å²) >= 11 is 0. The molecule has 0 spiro atoms. The Morgan fingerprint density at radius 3 is 2.60 bits per heavy atom. The van der Waals surface area contributed by atoms with Crippen molar-refractivity contribution < 1.29 is 4.79 Å². The molecule has 6 nitrogen and oxygen atoms in total. The molecule has 0 aliphatic heterocycles. The van der Waals surface area contributed by atoms with E-state index in [0.717, 1.165) is 18.9 Å². The molecule has 0 fully saturated rings. The lowest BCUT2D eigenvalue weighted by Gasteiger charge is -2.22. The highest BCUT2D eigenvalue weighted by Crippen LogP contribution is 2.22. The van der Waals surface area contributed by atoms with E-state index in [9.17, 15) is 4.79 Å². The second kappa shape index (κ2) is 4.68. The largest absolute Gasteiger partial charge is 0.394 e. The fraction of sp³-hybridized carbons (Fsp3) is 0.556. The second-order valence-electron chi connectivity index (χ2n) is 3.22. The minimum absolute atomic E-state index is 0.0586. The molecular weight excluding hydrogens is 194 g/mol. The Kier molecular flexibility index (Phi) is 3.54. The molecule has 0 aliphatic rings. The van der Waals surface area contributed by atoms with Crippen LogP contribution in [-0.2, 0) is 11.3 Å². The van der Waals surface area contributed by atoms with Gasteiger partial charge in [0.2, 0.25) is 5.91 Å². The number of hydrogen-bond acceptors (Lipinski definition) is 4. The predicted molar refractivity (Wildman–Crippen MR) is 59.4 cm³/mol. The van der Waals surface area contributed by atoms with E-state index in [4.69, 9.17) is 11.5 Å². The van der Waals surface area contributed by atoms with Gasteiger partial charge in [-0.2, -0.15) is 5.10 Å². The Hall–Kier alpha value is -1.72. The van der Waals surface area contributed by atoms with Crippen LogP contribution in [0.1, 0.15) is 13.8 Å². The van der Waals surface area contributed by atoms with Gasteiger partial charge in [-0.15, -0.1) is 0 Å². The molecule has 1 aromatic heterocycles. The molecule has 6 heteroatoms. The molecule has 0 saturated heterocycles. The number of carbonyl (C=O) groups excluding carboxylic acids is 1. The zero-order valence-electron chi connectivity index (χ0n) is 9.10. The summed E-state index contributed by atoms with van der Waals surface area (Å²) in [5, 5.41) is 4.02. The van der Waals surface area contributed by atoms with Crippen molar-refractivity contribution in [3.8, 4) is 0 Å². The zero-order chi connectivity index (χ0) is 11.4. The Balaban J connectivity index is 3.02. The van der Waals surface area contributed by atoms with E-state index < -0.39 is 5.91 Å². The fourth-order valence-electron chi connectivity index (χ4n) is 1.53. The summed E-state index contributed by atoms with van der Waals surface area (Å²) in [6, 6.07) is 0. The molecule has 1 heterocycles. The Morgan fingerprint density at radius 2 is 2.13 bits per heavy atom. The molecule has 0 aromatic carbocycles. The third-order valence-electron chi connectivity index (χ3n) is 2.21. The van der Waals surface area contributed by atoms with E-state index in [1.807, 2.05) is 18.7 Å². The van der Waals surface area contributed by atoms with Crippen LogP contribution in [0.5, 0.6) is 0 Å². The Morgan fingerprint density at radius 1 is 1.53 bits per heavy atom. The Bertz CT molecular complexity index is 342. The van der Waals surface area contributed by atoms with Gasteiger partial charge in [-0.25, -0.2) is 4.68 Å². The van der Waals surface area contributed by atoms with Gasteiger partial charge in [0.25, 0.3) is 0 Å². The van der Waals surface area contributed by atoms with Crippen molar-refractivity contribution in [3.05, 3.63) is 6.20 Å². The molecule has 0 aliphatic carbocycles. The molecule has 4 N–H and O–H groups in total. The molecule has 84 valence electrons. The topological polar surface area (TPSA) is 90.2 Å². The lowest BCUT2D eigenvalue weighted by molar-refractivity contribution is -0.118. The van der Waals surface area contributed by atoms with Gasteiger partial charge in [-0.05, 0) is 13.8 Å². The van der Waals surface area contributed by atoms with Crippen LogP contribution in [0.4, 0.5) is 11.5 Å². The zero-order valence-corrected chi connectivity index (χ0v) is 9.10. The van der Waals surface area contributed by atoms with Gasteiger partial charge in [0, 0.05) is 13.1 Å². The number of aromatic nitrogens is 2. The highest BCUT2D eigenvalue weighted by Gasteiger charge is 2.14. The second-order valence-corrected chi connectivity index (χ2v) is 3.22. The average Bonchev–Trinajstić information content (AvgIpc) is 2.51. The summed E-state index contributed by atoms with van der Waals surface area (Å²) in [6.45, 7) is 5.72. The molecule has 1 rings (SSSR count). The van der Waals surface area contributed by atoms with Gasteiger partial charge in [0.05, 0.1) is 11.9 Å². The molecule has 0 bridgehead atoms. The van der Waals surface area contributed by atoms with E-state index in [0.29, 0.717) is 5.69 Å². The maximum atomic E-state index is 10.8. The van der Waals surface area contributed by atoms with Gasteiger partial charge in [0.15, 0.2) is 5.82 Å². The molecule has 1 aromatic rings. The minimum atomic E-state index is -0.425. The number of nitrogens with zero attached hydrogens (tertiary/aromatic N) is 3. The fourth-order valence-corrected chi connectivity index (χ4v) is 1.53. The van der Waals surface area contributed by atoms with E-state index >= 15 is 0 Å². The van der Waals surface area contributed by atoms with E-state index in [2.05, 4.69) is 5.10 Å². The summed E-state index contributed by atoms with van der Waals surface area (Å²) in [6.07, 6.45) is 1.54. The maximum absolute atomic E-state index is 10.8. The number of carbonyl (C=O) groups is 1. The number of anilines is 2. The van der Waals surface area contributed by atoms with Gasteiger partial charge in [0.1, 0.15) is 6.54 Å². The normalized spacial score (nSPS) is 10.3. The molecule has 0 atom stereocenters. The standard InChI is InChI=1S/C9H17N5O/c1-3-13(4-2)9-7(10)5-12-14(9)6-8(11)15/h5H,3-4,6,10H2,1-2H3,(H2,11,15). The lowest BCUT2D eigenvalue weighted by atomic mass is 10.4. The van der Waals surface area contributed by atoms with Crippen LogP contribution in [0.25, 0.3) is 0 Å². The first-order valence-electron chi connectivity index (χ1n) is 4.94. The summed E-state index contributed by atoms with van der Waals surface area (Å²) in [5.41, 5.74) is 11.5. The van der Waals surface area contributed by atoms with Crippen molar-refractivity contribution in [2.75, 3.05) is 23.7 Å². The van der Waals surface area contributed by atoms with E-state index in [1.165, 1.54) is 10.9 Å². The van der Waals surface area contributed by atoms with Crippen LogP contribution in [-0.4, -0.2) is 28.8 Å². The highest BCUT2D eigenvalue weighted by atomic mass is 16.1. The van der Waals surface area contributed by atoms with E-state index in [-0.39, 0.29) is 6.54 Å². The third-order valence-corrected chi connectivity index (χ3v) is 2.21. The minimum Gasteiger partial charge on any atom is -0.394 e. The lowest BCUT2D eigenvalue weighted by Crippen LogP contribution is -2.28. The quantitative estimate of drug-likeness (QED) is 0.705. The van der Waals surface area contributed by atoms with Crippen molar-refractivity contribution in [3.63, 3.8) is 0 Å². The predicted octanol–water partition coefficient (Wildman–Crippen LogP) is -0.203. The number of primary amides is 1. The number of nitrogens with two attached hydrogens (primary N) is 2. The SMILES string of the molecule is CCN(CC)c1c(N)cnn1CC(N)=O. The number of rotatable bonds is 5. The van der Waals surface area contributed by atoms with Crippen LogP contribution in [0, 0.1) is 0 Å². The first kappa shape index (κ1) is 11.4. The molecule has 1 amide bonds. The van der Waals surface area contributed by atoms with Crippen molar-refractivity contribution in [1.82, 2.24) is 9.78 Å². The van der Waals surface area contributed by atoms with Crippen LogP contribution in [0.2, 0.25) is 0 Å². The van der Waals surface area contributed by atoms with Gasteiger partial charge in [-0.3, -0.25) is 4.79 Å². The summed E-state index contributed by atoms with van der Waals surface area (Å²) in [7, 11) is 0. The van der Waals surface area contributed by atoms with Crippen molar-refractivity contribution >= 4 is 17.4 Å². The van der Waals surface area contributed by atoms with Crippen molar-refractivity contribution in [2.45, 2.75) is 20.4 Å². The monoisotopic (exact) mass is 211 g/mol. The summed E-state index contributed by atoms with van der Waals surface area (Å²) in [4.78, 5) is 12.9. The molecule has 0 radical (unpaired) electrons. The number of nitrogen functional groups attached to an aromatic ring is 1. The van der Waals surface area contributed by atoms with Crippen LogP contribution < -0.4 is 16.4 Å². The van der Waals surface area contributed by atoms with E-state index in [1.54, 1.807) is 0 Å². The summed E-state index contributed by atoms with van der Waals surface area (Å²) < 4.78 is 1.53. The van der Waals surface area contributed by atoms with Gasteiger partial charge < -0.3 is 16.4 Å². The molecule has 0 saturated carbocycles. The first-order valence-corrected chi connectivity index (χ1v) is 4.94. The third kappa shape index (κ3) is 2.39. The molecule has 0 unspecified atom stereocenters. The first-order chi connectivity index (χ1) is 7.10. The van der Waals surface area contributed by atoms with Crippen molar-refractivity contribution in [2.24, 2.45) is 5.73 Å². The number of amides is 1. The summed E-state index contributed by atoms with van der Waals surface area (Å²) in [5.74, 6) is 0.338. The van der Waals surface area contributed by atoms with Crippen molar-refractivity contribution in [1.29, 1.82) is 0 Å². The van der Waals surface area contributed by atoms with Crippen LogP contribution in [0.3, 0.4) is 0 Å². The smallest absolute Gasteiger partial charge is 0.239 e. The van der Waals surface area contributed by atoms with Crippen LogP contribution >= 0.6 is 0 Å². The van der Waals surface area contributed by atoms with Gasteiger partial charge >= 0.3 is 0 Å². The maximum Gasteiger partial charge on any atom is 0.239 e. The highest BCUT2D eigenvalue weighted by molar-refractivity contribution is 5.75. The Labute approximate surface area is 88.8 Å². The van der Waals surface area contributed by atoms with Crippen LogP contribution in [0.15, 0.2) is 6.20 Å². The van der Waals surface area contributed by atoms with Gasteiger partial charge in [-0.1, -0.05) is 0 Å².